The van der Waals surface area contributed by atoms with Gasteiger partial charge in [0, 0.05) is 30.5 Å². The summed E-state index contributed by atoms with van der Waals surface area (Å²) in [5.41, 5.74) is 2.46. The van der Waals surface area contributed by atoms with Crippen LogP contribution in [0.25, 0.3) is 0 Å². The minimum Gasteiger partial charge on any atom is -0.361 e. The number of aryl methyl sites for hydroxylation is 3. The number of amides is 1. The van der Waals surface area contributed by atoms with E-state index in [1.165, 1.54) is 18.2 Å². The first-order chi connectivity index (χ1) is 14.1. The van der Waals surface area contributed by atoms with Gasteiger partial charge in [-0.05, 0) is 38.8 Å². The highest BCUT2D eigenvalue weighted by Crippen LogP contribution is 2.27. The molecule has 29 heavy (non-hydrogen) atoms. The monoisotopic (exact) mass is 412 g/mol. The van der Waals surface area contributed by atoms with Crippen molar-refractivity contribution in [1.82, 2.24) is 30.2 Å². The second kappa shape index (κ2) is 8.77. The number of carbonyl (C=O) groups excluding carboxylic acids is 1. The summed E-state index contributed by atoms with van der Waals surface area (Å²) < 4.78 is 7.36. The number of hydrogen-bond acceptors (Lipinski definition) is 7. The van der Waals surface area contributed by atoms with E-state index < -0.39 is 0 Å². The molecule has 3 aromatic rings. The fraction of sp³-hybridized carbons (Fsp3) is 0.450. The number of rotatable bonds is 6. The third-order valence-corrected chi connectivity index (χ3v) is 6.18. The Morgan fingerprint density at radius 1 is 1.28 bits per heavy atom. The smallest absolute Gasteiger partial charge is 0.254 e. The highest BCUT2D eigenvalue weighted by atomic mass is 32.2. The topological polar surface area (TPSA) is 98.7 Å². The summed E-state index contributed by atoms with van der Waals surface area (Å²) in [6.45, 7) is 5.08. The molecule has 1 N–H and O–H groups in total. The minimum atomic E-state index is -0.162. The third kappa shape index (κ3) is 4.34. The quantitative estimate of drug-likeness (QED) is 0.621. The van der Waals surface area contributed by atoms with E-state index in [0.717, 1.165) is 54.5 Å². The first kappa shape index (κ1) is 19.6. The fourth-order valence-corrected chi connectivity index (χ4v) is 4.60. The van der Waals surface area contributed by atoms with Crippen LogP contribution in [0.5, 0.6) is 0 Å². The van der Waals surface area contributed by atoms with Crippen molar-refractivity contribution in [2.24, 2.45) is 0 Å². The van der Waals surface area contributed by atoms with Gasteiger partial charge in [0.1, 0.15) is 16.6 Å². The van der Waals surface area contributed by atoms with Gasteiger partial charge in [0.2, 0.25) is 0 Å². The second-order valence-electron chi connectivity index (χ2n) is 7.12. The minimum absolute atomic E-state index is 0.162. The lowest BCUT2D eigenvalue weighted by Crippen LogP contribution is -2.25. The standard InChI is InChI=1S/C20H24N6O2S/c1-13-16(14(2)28-25-13)12-29-20-15(7-6-9-21-20)19(27)22-11-18-24-23-17-8-4-3-5-10-26(17)18/h6-7,9H,3-5,8,10-12H2,1-2H3,(H,22,27). The van der Waals surface area contributed by atoms with Crippen LogP contribution in [0.15, 0.2) is 27.9 Å². The summed E-state index contributed by atoms with van der Waals surface area (Å²) in [6.07, 6.45) is 6.12. The van der Waals surface area contributed by atoms with E-state index in [-0.39, 0.29) is 5.91 Å². The maximum Gasteiger partial charge on any atom is 0.254 e. The van der Waals surface area contributed by atoms with Crippen LogP contribution >= 0.6 is 11.8 Å². The van der Waals surface area contributed by atoms with Crippen molar-refractivity contribution >= 4 is 17.7 Å². The Kier molecular flexibility index (Phi) is 5.94. The number of pyridine rings is 1. The van der Waals surface area contributed by atoms with Crippen LogP contribution in [0.3, 0.4) is 0 Å². The number of nitrogens with zero attached hydrogens (tertiary/aromatic N) is 5. The molecule has 9 heteroatoms. The molecule has 0 atom stereocenters. The Morgan fingerprint density at radius 3 is 3.00 bits per heavy atom. The van der Waals surface area contributed by atoms with Gasteiger partial charge in [0.05, 0.1) is 17.8 Å². The Hall–Kier alpha value is -2.68. The van der Waals surface area contributed by atoms with Gasteiger partial charge in [-0.1, -0.05) is 11.6 Å². The number of carbonyl (C=O) groups is 1. The summed E-state index contributed by atoms with van der Waals surface area (Å²) in [7, 11) is 0. The van der Waals surface area contributed by atoms with E-state index in [1.54, 1.807) is 18.3 Å². The molecule has 1 aliphatic heterocycles. The molecule has 3 aromatic heterocycles. The molecule has 1 amide bonds. The molecule has 0 radical (unpaired) electrons. The lowest BCUT2D eigenvalue weighted by molar-refractivity contribution is 0.0945. The Morgan fingerprint density at radius 2 is 2.17 bits per heavy atom. The van der Waals surface area contributed by atoms with E-state index in [0.29, 0.717) is 22.9 Å². The third-order valence-electron chi connectivity index (χ3n) is 5.14. The van der Waals surface area contributed by atoms with Gasteiger partial charge in [-0.25, -0.2) is 4.98 Å². The molecular weight excluding hydrogens is 388 g/mol. The summed E-state index contributed by atoms with van der Waals surface area (Å²) in [5.74, 6) is 3.11. The average molecular weight is 413 g/mol. The van der Waals surface area contributed by atoms with Crippen LogP contribution in [-0.2, 0) is 25.3 Å². The summed E-state index contributed by atoms with van der Waals surface area (Å²) in [4.78, 5) is 17.2. The highest BCUT2D eigenvalue weighted by molar-refractivity contribution is 7.98. The predicted molar refractivity (Wildman–Crippen MR) is 109 cm³/mol. The fourth-order valence-electron chi connectivity index (χ4n) is 3.46. The van der Waals surface area contributed by atoms with Crippen molar-refractivity contribution in [3.8, 4) is 0 Å². The number of fused-ring (bicyclic) bond motifs is 1. The second-order valence-corrected chi connectivity index (χ2v) is 8.09. The highest BCUT2D eigenvalue weighted by Gasteiger charge is 2.18. The molecule has 0 aliphatic carbocycles. The van der Waals surface area contributed by atoms with Gasteiger partial charge >= 0.3 is 0 Å². The van der Waals surface area contributed by atoms with Gasteiger partial charge in [-0.15, -0.1) is 22.0 Å². The van der Waals surface area contributed by atoms with Crippen molar-refractivity contribution in [2.75, 3.05) is 0 Å². The molecular formula is C20H24N6O2S. The largest absolute Gasteiger partial charge is 0.361 e. The molecule has 0 unspecified atom stereocenters. The van der Waals surface area contributed by atoms with E-state index >= 15 is 0 Å². The first-order valence-electron chi connectivity index (χ1n) is 9.82. The van der Waals surface area contributed by atoms with Crippen LogP contribution in [0.2, 0.25) is 0 Å². The summed E-state index contributed by atoms with van der Waals surface area (Å²) in [5, 5.41) is 16.2. The van der Waals surface area contributed by atoms with E-state index in [9.17, 15) is 4.79 Å². The molecule has 1 aliphatic rings. The van der Waals surface area contributed by atoms with Crippen molar-refractivity contribution in [3.05, 3.63) is 52.6 Å². The molecule has 0 saturated heterocycles. The Balaban J connectivity index is 1.44. The van der Waals surface area contributed by atoms with E-state index in [2.05, 4.69) is 30.2 Å². The van der Waals surface area contributed by atoms with E-state index in [4.69, 9.17) is 4.52 Å². The van der Waals surface area contributed by atoms with Crippen LogP contribution in [0.4, 0.5) is 0 Å². The first-order valence-corrected chi connectivity index (χ1v) is 10.8. The van der Waals surface area contributed by atoms with Gasteiger partial charge in [-0.3, -0.25) is 4.79 Å². The Labute approximate surface area is 173 Å². The molecule has 152 valence electrons. The number of thioether (sulfide) groups is 1. The number of nitrogens with one attached hydrogen (secondary N) is 1. The zero-order valence-corrected chi connectivity index (χ0v) is 17.5. The maximum atomic E-state index is 12.8. The van der Waals surface area contributed by atoms with Gasteiger partial charge in [0.25, 0.3) is 5.91 Å². The lowest BCUT2D eigenvalue weighted by atomic mass is 10.2. The zero-order valence-electron chi connectivity index (χ0n) is 16.6. The zero-order chi connectivity index (χ0) is 20.2. The van der Waals surface area contributed by atoms with Gasteiger partial charge in [-0.2, -0.15) is 0 Å². The number of hydrogen-bond donors (Lipinski definition) is 1. The molecule has 0 aromatic carbocycles. The SMILES string of the molecule is Cc1noc(C)c1CSc1ncccc1C(=O)NCc1nnc2n1CCCCC2. The average Bonchev–Trinajstić information content (AvgIpc) is 3.17. The van der Waals surface area contributed by atoms with Crippen molar-refractivity contribution in [2.45, 2.75) is 63.4 Å². The molecule has 0 saturated carbocycles. The van der Waals surface area contributed by atoms with Gasteiger partial charge < -0.3 is 14.4 Å². The normalized spacial score (nSPS) is 13.7. The van der Waals surface area contributed by atoms with Crippen molar-refractivity contribution in [1.29, 1.82) is 0 Å². The summed E-state index contributed by atoms with van der Waals surface area (Å²) >= 11 is 1.51. The Bertz CT molecular complexity index is 993. The van der Waals surface area contributed by atoms with Gasteiger partial charge in [0.15, 0.2) is 5.82 Å². The summed E-state index contributed by atoms with van der Waals surface area (Å²) in [6, 6.07) is 3.57. The van der Waals surface area contributed by atoms with Crippen LogP contribution in [0, 0.1) is 13.8 Å². The van der Waals surface area contributed by atoms with Crippen LogP contribution < -0.4 is 5.32 Å². The van der Waals surface area contributed by atoms with Crippen molar-refractivity contribution < 1.29 is 9.32 Å². The van der Waals surface area contributed by atoms with Crippen LogP contribution in [-0.4, -0.2) is 30.8 Å². The van der Waals surface area contributed by atoms with Crippen molar-refractivity contribution in [3.63, 3.8) is 0 Å². The molecule has 4 heterocycles. The molecule has 4 rings (SSSR count). The predicted octanol–water partition coefficient (Wildman–Crippen LogP) is 3.23. The number of aromatic nitrogens is 5. The molecule has 8 nitrogen and oxygen atoms in total. The molecule has 0 fully saturated rings. The lowest BCUT2D eigenvalue weighted by Gasteiger charge is -2.10. The molecule has 0 spiro atoms. The van der Waals surface area contributed by atoms with Crippen LogP contribution in [0.1, 0.15) is 58.3 Å². The maximum absolute atomic E-state index is 12.8. The molecule has 0 bridgehead atoms. The van der Waals surface area contributed by atoms with E-state index in [1.807, 2.05) is 13.8 Å².